The number of hydrogen-bond acceptors (Lipinski definition) is 4. The van der Waals surface area contributed by atoms with Crippen LogP contribution in [0.25, 0.3) is 0 Å². The molecule has 0 radical (unpaired) electrons. The third kappa shape index (κ3) is 3.59. The van der Waals surface area contributed by atoms with E-state index in [2.05, 4.69) is 10.2 Å². The molecule has 0 aromatic rings. The predicted molar refractivity (Wildman–Crippen MR) is 83.1 cm³/mol. The summed E-state index contributed by atoms with van der Waals surface area (Å²) in [5.74, 6) is 1.81. The van der Waals surface area contributed by atoms with Crippen molar-refractivity contribution in [3.8, 4) is 0 Å². The molecule has 4 heteroatoms. The average molecular weight is 294 g/mol. The van der Waals surface area contributed by atoms with Crippen molar-refractivity contribution in [1.82, 2.24) is 10.2 Å². The van der Waals surface area contributed by atoms with Crippen LogP contribution < -0.4 is 5.32 Å². The maximum absolute atomic E-state index is 12.3. The molecule has 1 N–H and O–H groups in total. The standard InChI is InChI=1S/C17H30N2O2/c1-3-21-16(20)17(18-2)9-8-15(10-17)19(11-13-4-5-13)12-14-6-7-14/h13-15,18H,3-12H2,1-2H3. The van der Waals surface area contributed by atoms with Gasteiger partial charge in [0.25, 0.3) is 0 Å². The molecule has 120 valence electrons. The molecule has 0 bridgehead atoms. The SMILES string of the molecule is CCOC(=O)C1(NC)CCC(N(CC2CC2)CC2CC2)C1. The van der Waals surface area contributed by atoms with Gasteiger partial charge in [-0.1, -0.05) is 0 Å². The molecule has 4 nitrogen and oxygen atoms in total. The zero-order valence-electron chi connectivity index (χ0n) is 13.6. The lowest BCUT2D eigenvalue weighted by Gasteiger charge is -2.31. The van der Waals surface area contributed by atoms with Crippen LogP contribution in [-0.4, -0.2) is 49.2 Å². The molecule has 3 aliphatic carbocycles. The molecule has 3 aliphatic rings. The lowest BCUT2D eigenvalue weighted by Crippen LogP contribution is -2.51. The van der Waals surface area contributed by atoms with Crippen LogP contribution in [0.1, 0.15) is 51.9 Å². The fraction of sp³-hybridized carbons (Fsp3) is 0.941. The van der Waals surface area contributed by atoms with Gasteiger partial charge >= 0.3 is 5.97 Å². The fourth-order valence-corrected chi connectivity index (χ4v) is 3.75. The molecule has 0 aromatic heterocycles. The predicted octanol–water partition coefficient (Wildman–Crippen LogP) is 2.18. The number of esters is 1. The second-order valence-electron chi connectivity index (χ2n) is 7.29. The Labute approximate surface area is 128 Å². The quantitative estimate of drug-likeness (QED) is 0.697. The topological polar surface area (TPSA) is 41.6 Å². The number of carbonyl (C=O) groups is 1. The second-order valence-corrected chi connectivity index (χ2v) is 7.29. The van der Waals surface area contributed by atoms with Gasteiger partial charge in [0.05, 0.1) is 6.61 Å². The summed E-state index contributed by atoms with van der Waals surface area (Å²) in [7, 11) is 1.91. The Morgan fingerprint density at radius 1 is 1.19 bits per heavy atom. The van der Waals surface area contributed by atoms with Crippen molar-refractivity contribution >= 4 is 5.97 Å². The Morgan fingerprint density at radius 3 is 2.29 bits per heavy atom. The molecule has 3 fully saturated rings. The van der Waals surface area contributed by atoms with E-state index < -0.39 is 5.54 Å². The van der Waals surface area contributed by atoms with E-state index in [0.29, 0.717) is 12.6 Å². The van der Waals surface area contributed by atoms with Crippen molar-refractivity contribution in [2.24, 2.45) is 11.8 Å². The summed E-state index contributed by atoms with van der Waals surface area (Å²) < 4.78 is 5.32. The minimum atomic E-state index is -0.438. The van der Waals surface area contributed by atoms with E-state index in [4.69, 9.17) is 4.74 Å². The van der Waals surface area contributed by atoms with E-state index >= 15 is 0 Å². The molecule has 2 atom stereocenters. The van der Waals surface area contributed by atoms with Gasteiger partial charge in [0.2, 0.25) is 0 Å². The summed E-state index contributed by atoms with van der Waals surface area (Å²) in [6, 6.07) is 0.558. The molecule has 0 saturated heterocycles. The van der Waals surface area contributed by atoms with Gasteiger partial charge in [-0.15, -0.1) is 0 Å². The molecule has 0 amide bonds. The van der Waals surface area contributed by atoms with Crippen molar-refractivity contribution in [3.05, 3.63) is 0 Å². The molecular weight excluding hydrogens is 264 g/mol. The minimum Gasteiger partial charge on any atom is -0.465 e. The van der Waals surface area contributed by atoms with E-state index in [1.165, 1.54) is 38.8 Å². The lowest BCUT2D eigenvalue weighted by molar-refractivity contribution is -0.151. The highest BCUT2D eigenvalue weighted by Crippen LogP contribution is 2.39. The van der Waals surface area contributed by atoms with Gasteiger partial charge in [-0.2, -0.15) is 0 Å². The van der Waals surface area contributed by atoms with Crippen LogP contribution in [0.5, 0.6) is 0 Å². The molecule has 2 unspecified atom stereocenters. The largest absolute Gasteiger partial charge is 0.465 e. The summed E-state index contributed by atoms with van der Waals surface area (Å²) in [5.41, 5.74) is -0.438. The zero-order valence-corrected chi connectivity index (χ0v) is 13.6. The van der Waals surface area contributed by atoms with Crippen molar-refractivity contribution < 1.29 is 9.53 Å². The fourth-order valence-electron chi connectivity index (χ4n) is 3.75. The first-order chi connectivity index (χ1) is 10.2. The summed E-state index contributed by atoms with van der Waals surface area (Å²) >= 11 is 0. The molecule has 0 heterocycles. The van der Waals surface area contributed by atoms with Crippen molar-refractivity contribution in [2.45, 2.75) is 63.5 Å². The first-order valence-corrected chi connectivity index (χ1v) is 8.77. The number of nitrogens with zero attached hydrogens (tertiary/aromatic N) is 1. The highest BCUT2D eigenvalue weighted by molar-refractivity contribution is 5.81. The average Bonchev–Trinajstić information content (AvgIpc) is 3.40. The third-order valence-corrected chi connectivity index (χ3v) is 5.53. The van der Waals surface area contributed by atoms with Gasteiger partial charge in [0, 0.05) is 19.1 Å². The summed E-state index contributed by atoms with van der Waals surface area (Å²) in [6.07, 6.45) is 8.58. The highest BCUT2D eigenvalue weighted by Gasteiger charge is 2.47. The van der Waals surface area contributed by atoms with E-state index in [-0.39, 0.29) is 5.97 Å². The molecular formula is C17H30N2O2. The van der Waals surface area contributed by atoms with Crippen LogP contribution in [0.4, 0.5) is 0 Å². The van der Waals surface area contributed by atoms with Crippen LogP contribution >= 0.6 is 0 Å². The Bertz CT molecular complexity index is 365. The van der Waals surface area contributed by atoms with E-state index in [0.717, 1.165) is 31.1 Å². The van der Waals surface area contributed by atoms with Crippen molar-refractivity contribution in [3.63, 3.8) is 0 Å². The Balaban J connectivity index is 1.62. The van der Waals surface area contributed by atoms with E-state index in [9.17, 15) is 4.79 Å². The molecule has 21 heavy (non-hydrogen) atoms. The maximum Gasteiger partial charge on any atom is 0.326 e. The molecule has 0 aromatic carbocycles. The summed E-state index contributed by atoms with van der Waals surface area (Å²) in [4.78, 5) is 15.0. The summed E-state index contributed by atoms with van der Waals surface area (Å²) in [5, 5.41) is 3.28. The van der Waals surface area contributed by atoms with Crippen LogP contribution in [0, 0.1) is 11.8 Å². The minimum absolute atomic E-state index is 0.0483. The summed E-state index contributed by atoms with van der Waals surface area (Å²) in [6.45, 7) is 4.87. The number of hydrogen-bond donors (Lipinski definition) is 1. The van der Waals surface area contributed by atoms with Gasteiger partial charge in [0.15, 0.2) is 0 Å². The van der Waals surface area contributed by atoms with Crippen molar-refractivity contribution in [1.29, 1.82) is 0 Å². The first kappa shape index (κ1) is 15.3. The van der Waals surface area contributed by atoms with Crippen molar-refractivity contribution in [2.75, 3.05) is 26.7 Å². The number of nitrogens with one attached hydrogen (secondary N) is 1. The van der Waals surface area contributed by atoms with E-state index in [1.54, 1.807) is 0 Å². The second kappa shape index (κ2) is 6.25. The number of likely N-dealkylation sites (N-methyl/N-ethyl adjacent to an activating group) is 1. The lowest BCUT2D eigenvalue weighted by atomic mass is 9.97. The van der Waals surface area contributed by atoms with Crippen LogP contribution in [0.2, 0.25) is 0 Å². The van der Waals surface area contributed by atoms with Crippen LogP contribution in [0.3, 0.4) is 0 Å². The Morgan fingerprint density at radius 2 is 1.81 bits per heavy atom. The maximum atomic E-state index is 12.3. The molecule has 0 aliphatic heterocycles. The number of rotatable bonds is 8. The zero-order chi connectivity index (χ0) is 14.9. The molecule has 3 rings (SSSR count). The molecule has 3 saturated carbocycles. The Kier molecular flexibility index (Phi) is 4.55. The first-order valence-electron chi connectivity index (χ1n) is 8.77. The third-order valence-electron chi connectivity index (χ3n) is 5.53. The molecule has 0 spiro atoms. The van der Waals surface area contributed by atoms with Crippen LogP contribution in [0.15, 0.2) is 0 Å². The normalized spacial score (nSPS) is 32.6. The number of carbonyl (C=O) groups excluding carboxylic acids is 1. The number of ether oxygens (including phenoxy) is 1. The Hall–Kier alpha value is -0.610. The monoisotopic (exact) mass is 294 g/mol. The van der Waals surface area contributed by atoms with Gasteiger partial charge in [-0.25, -0.2) is 0 Å². The smallest absolute Gasteiger partial charge is 0.326 e. The van der Waals surface area contributed by atoms with E-state index in [1.807, 2.05) is 14.0 Å². The van der Waals surface area contributed by atoms with Gasteiger partial charge in [-0.05, 0) is 70.8 Å². The van der Waals surface area contributed by atoms with Gasteiger partial charge in [0.1, 0.15) is 5.54 Å². The van der Waals surface area contributed by atoms with Crippen LogP contribution in [-0.2, 0) is 9.53 Å². The van der Waals surface area contributed by atoms with Gasteiger partial charge in [-0.3, -0.25) is 9.69 Å². The highest BCUT2D eigenvalue weighted by atomic mass is 16.5. The van der Waals surface area contributed by atoms with Gasteiger partial charge < -0.3 is 10.1 Å².